The van der Waals surface area contributed by atoms with Crippen molar-refractivity contribution in [2.45, 2.75) is 13.8 Å². The number of nitrogens with one attached hydrogen (secondary N) is 1. The quantitative estimate of drug-likeness (QED) is 0.470. The van der Waals surface area contributed by atoms with Crippen LogP contribution < -0.4 is 10.1 Å². The first-order chi connectivity index (χ1) is 13.7. The lowest BCUT2D eigenvalue weighted by molar-refractivity contribution is 0.0657. The van der Waals surface area contributed by atoms with Crippen LogP contribution in [0.2, 0.25) is 0 Å². The van der Waals surface area contributed by atoms with Crippen LogP contribution >= 0.6 is 0 Å². The second-order valence-corrected chi connectivity index (χ2v) is 6.61. The van der Waals surface area contributed by atoms with Gasteiger partial charge in [0, 0.05) is 32.7 Å². The van der Waals surface area contributed by atoms with Crippen molar-refractivity contribution in [3.05, 3.63) is 54.0 Å². The van der Waals surface area contributed by atoms with Gasteiger partial charge >= 0.3 is 0 Å². The van der Waals surface area contributed by atoms with Crippen molar-refractivity contribution in [2.24, 2.45) is 4.99 Å². The Morgan fingerprint density at radius 2 is 1.89 bits per heavy atom. The molecule has 7 nitrogen and oxygen atoms in total. The van der Waals surface area contributed by atoms with E-state index in [2.05, 4.69) is 22.1 Å². The number of carbonyl (C=O) groups is 1. The highest BCUT2D eigenvalue weighted by Crippen LogP contribution is 2.15. The third-order valence-corrected chi connectivity index (χ3v) is 4.64. The first-order valence-corrected chi connectivity index (χ1v) is 9.73. The summed E-state index contributed by atoms with van der Waals surface area (Å²) in [7, 11) is 0. The molecule has 0 unspecified atom stereocenters. The van der Waals surface area contributed by atoms with Gasteiger partial charge in [0.15, 0.2) is 11.7 Å². The monoisotopic (exact) mass is 384 g/mol. The minimum atomic E-state index is -0.0572. The zero-order valence-corrected chi connectivity index (χ0v) is 16.6. The van der Waals surface area contributed by atoms with Crippen LogP contribution in [-0.2, 0) is 0 Å². The fraction of sp³-hybridized carbons (Fsp3) is 0.429. The average Bonchev–Trinajstić information content (AvgIpc) is 3.26. The van der Waals surface area contributed by atoms with Crippen LogP contribution in [0.5, 0.6) is 5.75 Å². The van der Waals surface area contributed by atoms with E-state index in [1.807, 2.05) is 36.1 Å². The molecular weight excluding hydrogens is 356 g/mol. The van der Waals surface area contributed by atoms with Crippen LogP contribution in [0.15, 0.2) is 52.1 Å². The first-order valence-electron chi connectivity index (χ1n) is 9.73. The van der Waals surface area contributed by atoms with E-state index < -0.39 is 0 Å². The maximum absolute atomic E-state index is 12.4. The van der Waals surface area contributed by atoms with Gasteiger partial charge in [-0.2, -0.15) is 0 Å². The molecule has 1 N–H and O–H groups in total. The number of rotatable bonds is 6. The molecule has 2 aromatic rings. The number of piperazine rings is 1. The average molecular weight is 384 g/mol. The first kappa shape index (κ1) is 19.8. The molecule has 1 aromatic carbocycles. The molecule has 0 bridgehead atoms. The molecule has 1 aliphatic heterocycles. The number of benzene rings is 1. The van der Waals surface area contributed by atoms with E-state index in [9.17, 15) is 4.79 Å². The number of aryl methyl sites for hydroxylation is 1. The molecule has 1 amide bonds. The van der Waals surface area contributed by atoms with Crippen molar-refractivity contribution in [1.29, 1.82) is 0 Å². The van der Waals surface area contributed by atoms with Crippen molar-refractivity contribution in [3.8, 4) is 5.75 Å². The number of hydrogen-bond donors (Lipinski definition) is 1. The van der Waals surface area contributed by atoms with E-state index in [0.29, 0.717) is 32.0 Å². The molecule has 0 saturated carbocycles. The van der Waals surface area contributed by atoms with Gasteiger partial charge in [0.05, 0.1) is 12.8 Å². The predicted octanol–water partition coefficient (Wildman–Crippen LogP) is 2.39. The molecule has 1 saturated heterocycles. The molecule has 7 heteroatoms. The van der Waals surface area contributed by atoms with Crippen molar-refractivity contribution in [1.82, 2.24) is 15.1 Å². The van der Waals surface area contributed by atoms with E-state index in [4.69, 9.17) is 9.15 Å². The normalized spacial score (nSPS) is 14.9. The molecule has 3 rings (SSSR count). The molecule has 0 atom stereocenters. The van der Waals surface area contributed by atoms with Crippen LogP contribution in [0, 0.1) is 6.92 Å². The maximum atomic E-state index is 12.4. The van der Waals surface area contributed by atoms with E-state index >= 15 is 0 Å². The number of amides is 1. The van der Waals surface area contributed by atoms with Gasteiger partial charge < -0.3 is 24.3 Å². The number of furan rings is 1. The summed E-state index contributed by atoms with van der Waals surface area (Å²) < 4.78 is 11.0. The van der Waals surface area contributed by atoms with Crippen LogP contribution in [0.4, 0.5) is 0 Å². The standard InChI is InChI=1S/C21H28N4O3/c1-3-22-21(23-10-16-28-18-8-5-4-7-17(18)2)25-13-11-24(12-14-25)20(26)19-9-6-15-27-19/h4-9,15H,3,10-14,16H2,1-2H3,(H,22,23). The third-order valence-electron chi connectivity index (χ3n) is 4.64. The summed E-state index contributed by atoms with van der Waals surface area (Å²) in [4.78, 5) is 21.1. The molecule has 0 spiro atoms. The summed E-state index contributed by atoms with van der Waals surface area (Å²) in [6.45, 7) is 8.73. The van der Waals surface area contributed by atoms with Gasteiger partial charge in [-0.3, -0.25) is 4.79 Å². The van der Waals surface area contributed by atoms with Gasteiger partial charge in [-0.25, -0.2) is 4.99 Å². The summed E-state index contributed by atoms with van der Waals surface area (Å²) in [5.74, 6) is 2.09. The lowest BCUT2D eigenvalue weighted by Crippen LogP contribution is -2.53. The molecular formula is C21H28N4O3. The largest absolute Gasteiger partial charge is 0.491 e. The van der Waals surface area contributed by atoms with E-state index in [1.54, 1.807) is 12.1 Å². The fourth-order valence-corrected chi connectivity index (χ4v) is 3.13. The van der Waals surface area contributed by atoms with Crippen LogP contribution in [-0.4, -0.2) is 67.5 Å². The Morgan fingerprint density at radius 3 is 2.57 bits per heavy atom. The van der Waals surface area contributed by atoms with E-state index in [-0.39, 0.29) is 5.91 Å². The molecule has 2 heterocycles. The Morgan fingerprint density at radius 1 is 1.14 bits per heavy atom. The molecule has 0 radical (unpaired) electrons. The van der Waals surface area contributed by atoms with Gasteiger partial charge in [0.25, 0.3) is 5.91 Å². The summed E-state index contributed by atoms with van der Waals surface area (Å²) in [5.41, 5.74) is 1.12. The Bertz CT molecular complexity index is 781. The minimum Gasteiger partial charge on any atom is -0.491 e. The van der Waals surface area contributed by atoms with Crippen molar-refractivity contribution < 1.29 is 13.9 Å². The Hall–Kier alpha value is -2.96. The van der Waals surface area contributed by atoms with Gasteiger partial charge in [-0.15, -0.1) is 0 Å². The summed E-state index contributed by atoms with van der Waals surface area (Å²) in [6.07, 6.45) is 1.53. The van der Waals surface area contributed by atoms with Crippen molar-refractivity contribution in [3.63, 3.8) is 0 Å². The van der Waals surface area contributed by atoms with Gasteiger partial charge in [-0.05, 0) is 37.6 Å². The highest BCUT2D eigenvalue weighted by atomic mass is 16.5. The summed E-state index contributed by atoms with van der Waals surface area (Å²) in [6, 6.07) is 11.4. The van der Waals surface area contributed by atoms with Gasteiger partial charge in [-0.1, -0.05) is 18.2 Å². The Kier molecular flexibility index (Phi) is 6.94. The summed E-state index contributed by atoms with van der Waals surface area (Å²) >= 11 is 0. The minimum absolute atomic E-state index is 0.0572. The van der Waals surface area contributed by atoms with Crippen LogP contribution in [0.25, 0.3) is 0 Å². The topological polar surface area (TPSA) is 70.3 Å². The van der Waals surface area contributed by atoms with Crippen molar-refractivity contribution >= 4 is 11.9 Å². The second kappa shape index (κ2) is 9.82. The van der Waals surface area contributed by atoms with Gasteiger partial charge in [0.1, 0.15) is 12.4 Å². The highest BCUT2D eigenvalue weighted by Gasteiger charge is 2.25. The lowest BCUT2D eigenvalue weighted by atomic mass is 10.2. The number of hydrogen-bond acceptors (Lipinski definition) is 4. The SMILES string of the molecule is CCNC(=NCCOc1ccccc1C)N1CCN(C(=O)c2ccco2)CC1. The molecule has 150 valence electrons. The number of carbonyl (C=O) groups excluding carboxylic acids is 1. The number of ether oxygens (including phenoxy) is 1. The van der Waals surface area contributed by atoms with Crippen LogP contribution in [0.1, 0.15) is 23.0 Å². The smallest absolute Gasteiger partial charge is 0.289 e. The number of nitrogens with zero attached hydrogens (tertiary/aromatic N) is 3. The molecule has 1 fully saturated rings. The molecule has 0 aliphatic carbocycles. The Labute approximate surface area is 166 Å². The number of aliphatic imine (C=N–C) groups is 1. The fourth-order valence-electron chi connectivity index (χ4n) is 3.13. The third kappa shape index (κ3) is 5.06. The maximum Gasteiger partial charge on any atom is 0.289 e. The molecule has 1 aromatic heterocycles. The van der Waals surface area contributed by atoms with Crippen molar-refractivity contribution in [2.75, 3.05) is 45.9 Å². The Balaban J connectivity index is 1.50. The molecule has 1 aliphatic rings. The van der Waals surface area contributed by atoms with E-state index in [0.717, 1.165) is 36.9 Å². The number of guanidine groups is 1. The zero-order chi connectivity index (χ0) is 19.8. The van der Waals surface area contributed by atoms with E-state index in [1.165, 1.54) is 6.26 Å². The highest BCUT2D eigenvalue weighted by molar-refractivity contribution is 5.91. The van der Waals surface area contributed by atoms with Gasteiger partial charge in [0.2, 0.25) is 0 Å². The van der Waals surface area contributed by atoms with Crippen LogP contribution in [0.3, 0.4) is 0 Å². The molecule has 28 heavy (non-hydrogen) atoms. The lowest BCUT2D eigenvalue weighted by Gasteiger charge is -2.36. The predicted molar refractivity (Wildman–Crippen MR) is 109 cm³/mol. The zero-order valence-electron chi connectivity index (χ0n) is 16.6. The number of para-hydroxylation sites is 1. The second-order valence-electron chi connectivity index (χ2n) is 6.61. The summed E-state index contributed by atoms with van der Waals surface area (Å²) in [5, 5.41) is 3.33.